The lowest BCUT2D eigenvalue weighted by molar-refractivity contribution is 0.0934. The molecule has 0 fully saturated rings. The number of pyridine rings is 1. The van der Waals surface area contributed by atoms with Crippen LogP contribution in [0.1, 0.15) is 22.3 Å². The molecule has 5 heteroatoms. The number of hydrogen-bond donors (Lipinski definition) is 1. The Kier molecular flexibility index (Phi) is 6.37. The minimum atomic E-state index is -0.113. The Morgan fingerprint density at radius 2 is 2.00 bits per heavy atom. The van der Waals surface area contributed by atoms with Crippen LogP contribution in [0.5, 0.6) is 0 Å². The van der Waals surface area contributed by atoms with Gasteiger partial charge in [0, 0.05) is 19.3 Å². The summed E-state index contributed by atoms with van der Waals surface area (Å²) >= 11 is 3.24. The summed E-state index contributed by atoms with van der Waals surface area (Å²) in [6.07, 6.45) is 2.33. The summed E-state index contributed by atoms with van der Waals surface area (Å²) in [5.41, 5.74) is 1.71. The van der Waals surface area contributed by atoms with E-state index >= 15 is 0 Å². The molecule has 1 amide bonds. The average Bonchev–Trinajstić information content (AvgIpc) is 2.52. The van der Waals surface area contributed by atoms with Crippen LogP contribution < -0.4 is 5.32 Å². The lowest BCUT2D eigenvalue weighted by Gasteiger charge is -2.06. The second-order valence-electron chi connectivity index (χ2n) is 4.52. The molecule has 0 spiro atoms. The van der Waals surface area contributed by atoms with Gasteiger partial charge in [-0.3, -0.25) is 4.79 Å². The molecule has 0 unspecified atom stereocenters. The van der Waals surface area contributed by atoms with E-state index in [2.05, 4.69) is 26.2 Å². The standard InChI is InChI=1S/C16H17BrN2O2/c17-15-8-7-14(11-19-15)16(20)18-9-4-10-21-12-13-5-2-1-3-6-13/h1-3,5-8,11H,4,9-10,12H2,(H,18,20). The Morgan fingerprint density at radius 1 is 1.19 bits per heavy atom. The van der Waals surface area contributed by atoms with Gasteiger partial charge in [-0.1, -0.05) is 30.3 Å². The van der Waals surface area contributed by atoms with Crippen molar-refractivity contribution in [2.45, 2.75) is 13.0 Å². The van der Waals surface area contributed by atoms with Gasteiger partial charge in [-0.05, 0) is 40.0 Å². The van der Waals surface area contributed by atoms with E-state index in [0.717, 1.165) is 12.0 Å². The van der Waals surface area contributed by atoms with Crippen molar-refractivity contribution in [3.63, 3.8) is 0 Å². The van der Waals surface area contributed by atoms with E-state index in [1.165, 1.54) is 0 Å². The molecule has 2 rings (SSSR count). The Hall–Kier alpha value is -1.72. The molecule has 0 atom stereocenters. The molecule has 1 heterocycles. The van der Waals surface area contributed by atoms with Gasteiger partial charge in [-0.25, -0.2) is 4.98 Å². The third-order valence-electron chi connectivity index (χ3n) is 2.85. The molecular formula is C16H17BrN2O2. The van der Waals surface area contributed by atoms with E-state index in [1.807, 2.05) is 30.3 Å². The summed E-state index contributed by atoms with van der Waals surface area (Å²) in [7, 11) is 0. The molecule has 1 aromatic heterocycles. The first-order chi connectivity index (χ1) is 10.3. The van der Waals surface area contributed by atoms with Gasteiger partial charge in [-0.15, -0.1) is 0 Å². The fraction of sp³-hybridized carbons (Fsp3) is 0.250. The van der Waals surface area contributed by atoms with Crippen molar-refractivity contribution in [3.8, 4) is 0 Å². The van der Waals surface area contributed by atoms with Gasteiger partial charge >= 0.3 is 0 Å². The lowest BCUT2D eigenvalue weighted by Crippen LogP contribution is -2.25. The van der Waals surface area contributed by atoms with Crippen LogP contribution >= 0.6 is 15.9 Å². The van der Waals surface area contributed by atoms with Crippen molar-refractivity contribution in [1.82, 2.24) is 10.3 Å². The molecule has 0 aliphatic carbocycles. The van der Waals surface area contributed by atoms with Crippen LogP contribution in [0.4, 0.5) is 0 Å². The van der Waals surface area contributed by atoms with Crippen molar-refractivity contribution in [2.75, 3.05) is 13.2 Å². The number of carbonyl (C=O) groups excluding carboxylic acids is 1. The fourth-order valence-corrected chi connectivity index (χ4v) is 1.99. The fourth-order valence-electron chi connectivity index (χ4n) is 1.75. The highest BCUT2D eigenvalue weighted by Gasteiger charge is 2.04. The number of nitrogens with zero attached hydrogens (tertiary/aromatic N) is 1. The summed E-state index contributed by atoms with van der Waals surface area (Å²) in [5, 5.41) is 2.84. The molecule has 1 aromatic carbocycles. The highest BCUT2D eigenvalue weighted by molar-refractivity contribution is 9.10. The maximum absolute atomic E-state index is 11.8. The largest absolute Gasteiger partial charge is 0.377 e. The number of halogens is 1. The monoisotopic (exact) mass is 348 g/mol. The zero-order chi connectivity index (χ0) is 14.9. The molecule has 0 bridgehead atoms. The first-order valence-corrected chi connectivity index (χ1v) is 7.56. The van der Waals surface area contributed by atoms with Crippen molar-refractivity contribution < 1.29 is 9.53 Å². The van der Waals surface area contributed by atoms with Crippen molar-refractivity contribution >= 4 is 21.8 Å². The van der Waals surface area contributed by atoms with Crippen LogP contribution in [0, 0.1) is 0 Å². The number of hydrogen-bond acceptors (Lipinski definition) is 3. The van der Waals surface area contributed by atoms with Crippen LogP contribution in [0.15, 0.2) is 53.3 Å². The van der Waals surface area contributed by atoms with E-state index in [1.54, 1.807) is 18.3 Å². The number of benzene rings is 1. The third kappa shape index (κ3) is 5.65. The normalized spacial score (nSPS) is 10.3. The topological polar surface area (TPSA) is 51.2 Å². The van der Waals surface area contributed by atoms with Crippen LogP contribution in [0.3, 0.4) is 0 Å². The van der Waals surface area contributed by atoms with Crippen molar-refractivity contribution in [3.05, 3.63) is 64.4 Å². The highest BCUT2D eigenvalue weighted by Crippen LogP contribution is 2.06. The quantitative estimate of drug-likeness (QED) is 0.617. The second-order valence-corrected chi connectivity index (χ2v) is 5.33. The molecule has 0 radical (unpaired) electrons. The van der Waals surface area contributed by atoms with Gasteiger partial charge in [0.15, 0.2) is 0 Å². The Bertz CT molecular complexity index is 558. The minimum absolute atomic E-state index is 0.113. The van der Waals surface area contributed by atoms with E-state index in [4.69, 9.17) is 4.74 Å². The summed E-state index contributed by atoms with van der Waals surface area (Å²) in [6, 6.07) is 13.5. The second kappa shape index (κ2) is 8.54. The zero-order valence-electron chi connectivity index (χ0n) is 11.6. The number of carbonyl (C=O) groups is 1. The third-order valence-corrected chi connectivity index (χ3v) is 3.32. The first kappa shape index (κ1) is 15.7. The smallest absolute Gasteiger partial charge is 0.252 e. The molecule has 1 N–H and O–H groups in total. The van der Waals surface area contributed by atoms with Crippen molar-refractivity contribution in [1.29, 1.82) is 0 Å². The Labute approximate surface area is 132 Å². The summed E-state index contributed by atoms with van der Waals surface area (Å²) in [6.45, 7) is 1.81. The van der Waals surface area contributed by atoms with Gasteiger partial charge in [0.1, 0.15) is 4.60 Å². The maximum Gasteiger partial charge on any atom is 0.252 e. The van der Waals surface area contributed by atoms with Crippen LogP contribution in [0.2, 0.25) is 0 Å². The number of ether oxygens (including phenoxy) is 1. The molecule has 0 saturated carbocycles. The van der Waals surface area contributed by atoms with Crippen molar-refractivity contribution in [2.24, 2.45) is 0 Å². The molecule has 0 aliphatic heterocycles. The predicted molar refractivity (Wildman–Crippen MR) is 85.0 cm³/mol. The average molecular weight is 349 g/mol. The van der Waals surface area contributed by atoms with Crippen LogP contribution in [-0.4, -0.2) is 24.0 Å². The van der Waals surface area contributed by atoms with Crippen LogP contribution in [-0.2, 0) is 11.3 Å². The summed E-state index contributed by atoms with van der Waals surface area (Å²) in [5.74, 6) is -0.113. The molecule has 0 saturated heterocycles. The van der Waals surface area contributed by atoms with Gasteiger partial charge in [0.2, 0.25) is 0 Å². The van der Waals surface area contributed by atoms with E-state index in [9.17, 15) is 4.79 Å². The molecule has 110 valence electrons. The number of aromatic nitrogens is 1. The molecule has 2 aromatic rings. The molecule has 4 nitrogen and oxygen atoms in total. The van der Waals surface area contributed by atoms with E-state index in [-0.39, 0.29) is 5.91 Å². The molecule has 0 aliphatic rings. The summed E-state index contributed by atoms with van der Waals surface area (Å²) in [4.78, 5) is 15.8. The van der Waals surface area contributed by atoms with Gasteiger partial charge in [0.05, 0.1) is 12.2 Å². The molecular weight excluding hydrogens is 332 g/mol. The van der Waals surface area contributed by atoms with Crippen LogP contribution in [0.25, 0.3) is 0 Å². The number of nitrogens with one attached hydrogen (secondary N) is 1. The predicted octanol–water partition coefficient (Wildman–Crippen LogP) is 3.18. The molecule has 21 heavy (non-hydrogen) atoms. The number of amides is 1. The Morgan fingerprint density at radius 3 is 2.71 bits per heavy atom. The number of rotatable bonds is 7. The lowest BCUT2D eigenvalue weighted by atomic mass is 10.2. The van der Waals surface area contributed by atoms with E-state index in [0.29, 0.717) is 29.9 Å². The van der Waals surface area contributed by atoms with Gasteiger partial charge < -0.3 is 10.1 Å². The first-order valence-electron chi connectivity index (χ1n) is 6.77. The SMILES string of the molecule is O=C(NCCCOCc1ccccc1)c1ccc(Br)nc1. The van der Waals surface area contributed by atoms with Gasteiger partial charge in [-0.2, -0.15) is 0 Å². The Balaban J connectivity index is 1.59. The summed E-state index contributed by atoms with van der Waals surface area (Å²) < 4.78 is 6.27. The maximum atomic E-state index is 11.8. The van der Waals surface area contributed by atoms with E-state index < -0.39 is 0 Å². The zero-order valence-corrected chi connectivity index (χ0v) is 13.2. The van der Waals surface area contributed by atoms with Gasteiger partial charge in [0.25, 0.3) is 5.91 Å². The minimum Gasteiger partial charge on any atom is -0.377 e. The highest BCUT2D eigenvalue weighted by atomic mass is 79.9.